The molecule has 2 fully saturated rings. The molecule has 0 aromatic heterocycles. The molecule has 2 saturated heterocycles. The van der Waals surface area contributed by atoms with Crippen molar-refractivity contribution in [3.8, 4) is 0 Å². The van der Waals surface area contributed by atoms with Crippen LogP contribution in [-0.4, -0.2) is 62.0 Å². The van der Waals surface area contributed by atoms with Crippen LogP contribution in [0.3, 0.4) is 0 Å². The second kappa shape index (κ2) is 12.3. The van der Waals surface area contributed by atoms with Gasteiger partial charge in [0.25, 0.3) is 0 Å². The molecule has 138 valence electrons. The summed E-state index contributed by atoms with van der Waals surface area (Å²) in [5.41, 5.74) is 0. The van der Waals surface area contributed by atoms with Crippen LogP contribution < -0.4 is 5.32 Å². The zero-order valence-electron chi connectivity index (χ0n) is 14.8. The van der Waals surface area contributed by atoms with Gasteiger partial charge < -0.3 is 15.1 Å². The molecule has 2 rings (SSSR count). The lowest BCUT2D eigenvalue weighted by Crippen LogP contribution is -2.45. The maximum atomic E-state index is 12.2. The Morgan fingerprint density at radius 3 is 2.48 bits per heavy atom. The Labute approximate surface area is 154 Å². The second-order valence-corrected chi connectivity index (χ2v) is 7.04. The van der Waals surface area contributed by atoms with Crippen LogP contribution in [0.25, 0.3) is 0 Å². The predicted octanol–water partition coefficient (Wildman–Crippen LogP) is 2.80. The van der Waals surface area contributed by atoms with E-state index in [0.717, 1.165) is 32.0 Å². The first-order valence-corrected chi connectivity index (χ1v) is 8.83. The molecule has 0 spiro atoms. The fourth-order valence-electron chi connectivity index (χ4n) is 3.62. The number of nitrogens with zero attached hydrogens (tertiary/aromatic N) is 2. The molecule has 1 atom stereocenters. The van der Waals surface area contributed by atoms with E-state index >= 15 is 0 Å². The minimum Gasteiger partial charge on any atom is -0.342 e. The van der Waals surface area contributed by atoms with Crippen LogP contribution in [0.5, 0.6) is 0 Å². The summed E-state index contributed by atoms with van der Waals surface area (Å²) in [4.78, 5) is 17.0. The molecule has 1 amide bonds. The highest BCUT2D eigenvalue weighted by Gasteiger charge is 2.26. The number of halogens is 2. The monoisotopic (exact) mass is 367 g/mol. The summed E-state index contributed by atoms with van der Waals surface area (Å²) in [6.45, 7) is 8.99. The SMILES string of the molecule is CNCCCC(=O)N1CCCC(CN2CCC(C)CC2)C1.Cl.Cl. The molecule has 2 aliphatic rings. The van der Waals surface area contributed by atoms with E-state index < -0.39 is 0 Å². The third-order valence-electron chi connectivity index (χ3n) is 5.08. The number of hydrogen-bond donors (Lipinski definition) is 1. The molecule has 2 heterocycles. The van der Waals surface area contributed by atoms with Crippen molar-refractivity contribution in [2.45, 2.75) is 45.4 Å². The number of hydrogen-bond acceptors (Lipinski definition) is 3. The molecular weight excluding hydrogens is 333 g/mol. The Morgan fingerprint density at radius 1 is 1.13 bits per heavy atom. The summed E-state index contributed by atoms with van der Waals surface area (Å²) in [6.07, 6.45) is 6.84. The van der Waals surface area contributed by atoms with E-state index in [2.05, 4.69) is 22.0 Å². The van der Waals surface area contributed by atoms with Gasteiger partial charge in [-0.2, -0.15) is 0 Å². The van der Waals surface area contributed by atoms with Crippen molar-refractivity contribution < 1.29 is 4.79 Å². The van der Waals surface area contributed by atoms with Gasteiger partial charge in [-0.3, -0.25) is 4.79 Å². The average molecular weight is 368 g/mol. The minimum absolute atomic E-state index is 0. The van der Waals surface area contributed by atoms with Gasteiger partial charge in [-0.25, -0.2) is 0 Å². The number of carbonyl (C=O) groups excluding carboxylic acids is 1. The lowest BCUT2D eigenvalue weighted by Gasteiger charge is -2.38. The fraction of sp³-hybridized carbons (Fsp3) is 0.941. The highest BCUT2D eigenvalue weighted by molar-refractivity contribution is 5.85. The van der Waals surface area contributed by atoms with Gasteiger partial charge >= 0.3 is 0 Å². The van der Waals surface area contributed by atoms with E-state index in [4.69, 9.17) is 0 Å². The van der Waals surface area contributed by atoms with Crippen molar-refractivity contribution in [2.24, 2.45) is 11.8 Å². The van der Waals surface area contributed by atoms with Crippen molar-refractivity contribution in [1.29, 1.82) is 0 Å². The van der Waals surface area contributed by atoms with Crippen molar-refractivity contribution in [1.82, 2.24) is 15.1 Å². The molecule has 1 unspecified atom stereocenters. The van der Waals surface area contributed by atoms with Crippen LogP contribution in [-0.2, 0) is 4.79 Å². The maximum absolute atomic E-state index is 12.2. The standard InChI is InChI=1S/C17H33N3O.2ClH/c1-15-7-11-19(12-8-15)13-16-5-4-10-20(14-16)17(21)6-3-9-18-2;;/h15-16,18H,3-14H2,1-2H3;2*1H. The van der Waals surface area contributed by atoms with Crippen LogP contribution in [0, 0.1) is 11.8 Å². The second-order valence-electron chi connectivity index (χ2n) is 7.04. The van der Waals surface area contributed by atoms with Gasteiger partial charge in [0.15, 0.2) is 0 Å². The normalized spacial score (nSPS) is 23.0. The van der Waals surface area contributed by atoms with Crippen LogP contribution in [0.4, 0.5) is 0 Å². The number of nitrogens with one attached hydrogen (secondary N) is 1. The Morgan fingerprint density at radius 2 is 1.83 bits per heavy atom. The predicted molar refractivity (Wildman–Crippen MR) is 102 cm³/mol. The Kier molecular flexibility index (Phi) is 12.3. The molecule has 0 saturated carbocycles. The molecule has 0 aromatic carbocycles. The molecule has 0 aromatic rings. The number of amides is 1. The third-order valence-corrected chi connectivity index (χ3v) is 5.08. The number of rotatable bonds is 6. The molecule has 1 N–H and O–H groups in total. The Hall–Kier alpha value is -0.0300. The van der Waals surface area contributed by atoms with E-state index in [1.165, 1.54) is 45.3 Å². The number of likely N-dealkylation sites (tertiary alicyclic amines) is 2. The lowest BCUT2D eigenvalue weighted by molar-refractivity contribution is -0.133. The van der Waals surface area contributed by atoms with Crippen molar-refractivity contribution in [2.75, 3.05) is 46.3 Å². The van der Waals surface area contributed by atoms with Gasteiger partial charge in [0, 0.05) is 26.1 Å². The van der Waals surface area contributed by atoms with Gasteiger partial charge in [-0.05, 0) is 70.6 Å². The maximum Gasteiger partial charge on any atom is 0.222 e. The summed E-state index contributed by atoms with van der Waals surface area (Å²) in [6, 6.07) is 0. The summed E-state index contributed by atoms with van der Waals surface area (Å²) in [7, 11) is 1.95. The van der Waals surface area contributed by atoms with Crippen LogP contribution in [0.2, 0.25) is 0 Å². The minimum atomic E-state index is 0. The van der Waals surface area contributed by atoms with E-state index in [0.29, 0.717) is 18.2 Å². The smallest absolute Gasteiger partial charge is 0.222 e. The van der Waals surface area contributed by atoms with E-state index in [1.807, 2.05) is 7.05 Å². The fourth-order valence-corrected chi connectivity index (χ4v) is 3.62. The molecule has 6 heteroatoms. The molecule has 23 heavy (non-hydrogen) atoms. The van der Waals surface area contributed by atoms with Gasteiger partial charge in [-0.1, -0.05) is 6.92 Å². The topological polar surface area (TPSA) is 35.6 Å². The molecule has 2 aliphatic heterocycles. The zero-order chi connectivity index (χ0) is 15.1. The Bertz CT molecular complexity index is 323. The van der Waals surface area contributed by atoms with Crippen molar-refractivity contribution in [3.05, 3.63) is 0 Å². The first-order chi connectivity index (χ1) is 10.2. The quantitative estimate of drug-likeness (QED) is 0.733. The first-order valence-electron chi connectivity index (χ1n) is 8.83. The highest BCUT2D eigenvalue weighted by atomic mass is 35.5. The van der Waals surface area contributed by atoms with Crippen LogP contribution >= 0.6 is 24.8 Å². The number of piperidine rings is 2. The lowest BCUT2D eigenvalue weighted by atomic mass is 9.94. The van der Waals surface area contributed by atoms with Gasteiger partial charge in [0.1, 0.15) is 0 Å². The summed E-state index contributed by atoms with van der Waals surface area (Å²) in [5, 5.41) is 3.12. The van der Waals surface area contributed by atoms with Crippen molar-refractivity contribution >= 4 is 30.7 Å². The van der Waals surface area contributed by atoms with Gasteiger partial charge in [0.05, 0.1) is 0 Å². The molecular formula is C17H35Cl2N3O. The largest absolute Gasteiger partial charge is 0.342 e. The highest BCUT2D eigenvalue weighted by Crippen LogP contribution is 2.22. The first kappa shape index (κ1) is 23.0. The van der Waals surface area contributed by atoms with Gasteiger partial charge in [0.2, 0.25) is 5.91 Å². The van der Waals surface area contributed by atoms with Crippen LogP contribution in [0.1, 0.15) is 45.4 Å². The number of carbonyl (C=O) groups is 1. The molecule has 4 nitrogen and oxygen atoms in total. The Balaban J connectivity index is 0.00000242. The zero-order valence-corrected chi connectivity index (χ0v) is 16.4. The summed E-state index contributed by atoms with van der Waals surface area (Å²) < 4.78 is 0. The molecule has 0 radical (unpaired) electrons. The van der Waals surface area contributed by atoms with E-state index in [1.54, 1.807) is 0 Å². The van der Waals surface area contributed by atoms with E-state index in [9.17, 15) is 4.79 Å². The average Bonchev–Trinajstić information content (AvgIpc) is 2.50. The van der Waals surface area contributed by atoms with Gasteiger partial charge in [-0.15, -0.1) is 24.8 Å². The molecule has 0 bridgehead atoms. The third kappa shape index (κ3) is 8.06. The summed E-state index contributed by atoms with van der Waals surface area (Å²) >= 11 is 0. The van der Waals surface area contributed by atoms with Crippen molar-refractivity contribution in [3.63, 3.8) is 0 Å². The van der Waals surface area contributed by atoms with Crippen LogP contribution in [0.15, 0.2) is 0 Å². The van der Waals surface area contributed by atoms with E-state index in [-0.39, 0.29) is 24.8 Å². The summed E-state index contributed by atoms with van der Waals surface area (Å²) in [5.74, 6) is 1.96. The molecule has 0 aliphatic carbocycles.